The first-order valence-electron chi connectivity index (χ1n) is 12.3. The third kappa shape index (κ3) is 6.56. The number of rotatable bonds is 12. The second-order valence-corrected chi connectivity index (χ2v) is 10.3. The zero-order chi connectivity index (χ0) is 26.5. The minimum Gasteiger partial charge on any atom is -0.466 e. The van der Waals surface area contributed by atoms with Crippen LogP contribution in [0, 0.1) is 0 Å². The number of hydrogen-bond donors (Lipinski definition) is 2. The van der Waals surface area contributed by atoms with E-state index in [1.165, 1.54) is 4.31 Å². The highest BCUT2D eigenvalue weighted by Gasteiger charge is 2.31. The van der Waals surface area contributed by atoms with Gasteiger partial charge >= 0.3 is 5.97 Å². The topological polar surface area (TPSA) is 122 Å². The number of nitrogens with zero attached hydrogens (tertiary/aromatic N) is 2. The fourth-order valence-corrected chi connectivity index (χ4v) is 4.92. The van der Waals surface area contributed by atoms with Gasteiger partial charge in [0.1, 0.15) is 5.76 Å². The monoisotopic (exact) mass is 547 g/mol. The van der Waals surface area contributed by atoms with Crippen LogP contribution in [-0.4, -0.2) is 50.1 Å². The average Bonchev–Trinajstić information content (AvgIpc) is 3.66. The third-order valence-corrected chi connectivity index (χ3v) is 7.27. The first-order valence-corrected chi connectivity index (χ1v) is 13.7. The number of halogens is 1. The van der Waals surface area contributed by atoms with Crippen LogP contribution in [0.4, 0.5) is 0 Å². The van der Waals surface area contributed by atoms with Gasteiger partial charge in [0.25, 0.3) is 5.91 Å². The maximum Gasteiger partial charge on any atom is 0.305 e. The number of furan rings is 1. The second kappa shape index (κ2) is 12.2. The Balaban J connectivity index is 1.66. The standard InChI is InChI=1S/C26H30ClN3O6S/c1-3-35-22(31)6-4-5-13-30(37(33)34)15-21-19(16-7-8-16)14-20-23(25(32)28-2)24(36-26(20)29-21)17-9-11-18(27)12-10-17/h9-12,14,16H,3-8,13,15H2,1-2H3,(H,28,32)(H,33,34). The van der Waals surface area contributed by atoms with E-state index in [0.717, 1.165) is 18.4 Å². The van der Waals surface area contributed by atoms with Crippen LogP contribution < -0.4 is 5.32 Å². The van der Waals surface area contributed by atoms with Crippen LogP contribution in [0.3, 0.4) is 0 Å². The summed E-state index contributed by atoms with van der Waals surface area (Å²) in [5.74, 6) is 0.0957. The van der Waals surface area contributed by atoms with Crippen molar-refractivity contribution >= 4 is 45.8 Å². The summed E-state index contributed by atoms with van der Waals surface area (Å²) in [7, 11) is 1.56. The number of ether oxygens (including phenoxy) is 1. The van der Waals surface area contributed by atoms with Crippen molar-refractivity contribution in [1.82, 2.24) is 14.6 Å². The molecule has 1 unspecified atom stereocenters. The zero-order valence-electron chi connectivity index (χ0n) is 20.8. The summed E-state index contributed by atoms with van der Waals surface area (Å²) in [6.45, 7) is 2.53. The highest BCUT2D eigenvalue weighted by molar-refractivity contribution is 7.76. The predicted octanol–water partition coefficient (Wildman–Crippen LogP) is 5.06. The maximum atomic E-state index is 12.9. The average molecular weight is 548 g/mol. The lowest BCUT2D eigenvalue weighted by molar-refractivity contribution is -0.143. The molecule has 9 nitrogen and oxygen atoms in total. The van der Waals surface area contributed by atoms with Crippen molar-refractivity contribution in [2.45, 2.75) is 51.5 Å². The number of esters is 1. The normalized spacial score (nSPS) is 14.2. The number of benzene rings is 1. The van der Waals surface area contributed by atoms with Gasteiger partial charge in [0.15, 0.2) is 0 Å². The van der Waals surface area contributed by atoms with Crippen molar-refractivity contribution in [1.29, 1.82) is 0 Å². The summed E-state index contributed by atoms with van der Waals surface area (Å²) in [6.07, 6.45) is 3.33. The van der Waals surface area contributed by atoms with Crippen LogP contribution in [0.5, 0.6) is 0 Å². The van der Waals surface area contributed by atoms with Crippen LogP contribution >= 0.6 is 11.6 Å². The summed E-state index contributed by atoms with van der Waals surface area (Å²) in [4.78, 5) is 29.2. The molecular formula is C26H30ClN3O6S. The molecule has 37 heavy (non-hydrogen) atoms. The Morgan fingerprint density at radius 3 is 2.62 bits per heavy atom. The van der Waals surface area contributed by atoms with Crippen LogP contribution in [0.15, 0.2) is 34.7 Å². The van der Waals surface area contributed by atoms with Crippen molar-refractivity contribution in [2.24, 2.45) is 0 Å². The van der Waals surface area contributed by atoms with E-state index in [2.05, 4.69) is 5.32 Å². The highest BCUT2D eigenvalue weighted by Crippen LogP contribution is 2.44. The van der Waals surface area contributed by atoms with E-state index in [1.807, 2.05) is 6.07 Å². The molecule has 1 saturated carbocycles. The molecule has 3 aromatic rings. The van der Waals surface area contributed by atoms with Crippen molar-refractivity contribution < 1.29 is 27.5 Å². The van der Waals surface area contributed by atoms with Gasteiger partial charge in [0.2, 0.25) is 17.0 Å². The molecule has 1 amide bonds. The van der Waals surface area contributed by atoms with Gasteiger partial charge in [-0.2, -0.15) is 4.31 Å². The number of amides is 1. The maximum absolute atomic E-state index is 12.9. The Labute approximate surface area is 222 Å². The lowest BCUT2D eigenvalue weighted by Gasteiger charge is -2.19. The second-order valence-electron chi connectivity index (χ2n) is 8.90. The van der Waals surface area contributed by atoms with Crippen LogP contribution in [0.2, 0.25) is 5.02 Å². The van der Waals surface area contributed by atoms with Gasteiger partial charge in [-0.15, -0.1) is 0 Å². The molecule has 0 saturated heterocycles. The molecule has 4 rings (SSSR count). The van der Waals surface area contributed by atoms with E-state index < -0.39 is 11.3 Å². The summed E-state index contributed by atoms with van der Waals surface area (Å²) >= 11 is 3.82. The fourth-order valence-electron chi connectivity index (χ4n) is 4.27. The first kappa shape index (κ1) is 27.3. The number of aromatic nitrogens is 1. The molecule has 0 aliphatic heterocycles. The van der Waals surface area contributed by atoms with Gasteiger partial charge in [0, 0.05) is 30.6 Å². The van der Waals surface area contributed by atoms with E-state index in [1.54, 1.807) is 38.2 Å². The Morgan fingerprint density at radius 2 is 2.00 bits per heavy atom. The summed E-state index contributed by atoms with van der Waals surface area (Å²) in [5, 5.41) is 3.85. The van der Waals surface area contributed by atoms with Crippen molar-refractivity contribution in [3.05, 3.63) is 52.2 Å². The summed E-state index contributed by atoms with van der Waals surface area (Å²) in [5.41, 5.74) is 2.96. The van der Waals surface area contributed by atoms with Gasteiger partial charge in [-0.1, -0.05) is 11.6 Å². The van der Waals surface area contributed by atoms with Crippen LogP contribution in [-0.2, 0) is 27.3 Å². The van der Waals surface area contributed by atoms with Gasteiger partial charge < -0.3 is 14.5 Å². The van der Waals surface area contributed by atoms with Crippen molar-refractivity contribution in [3.63, 3.8) is 0 Å². The van der Waals surface area contributed by atoms with Gasteiger partial charge in [-0.3, -0.25) is 14.1 Å². The number of fused-ring (bicyclic) bond motifs is 1. The van der Waals surface area contributed by atoms with Crippen molar-refractivity contribution in [2.75, 3.05) is 20.2 Å². The SMILES string of the molecule is CCOC(=O)CCCCN(Cc1nc2oc(-c3ccc(Cl)cc3)c(C(=O)NC)c2cc1C1CC1)S(=O)O. The number of carbonyl (C=O) groups is 2. The van der Waals surface area contributed by atoms with Gasteiger partial charge in [-0.25, -0.2) is 9.19 Å². The number of unbranched alkanes of at least 4 members (excludes halogenated alkanes) is 1. The zero-order valence-corrected chi connectivity index (χ0v) is 22.4. The highest BCUT2D eigenvalue weighted by atomic mass is 35.5. The third-order valence-electron chi connectivity index (χ3n) is 6.26. The molecule has 1 aliphatic carbocycles. The Kier molecular flexibility index (Phi) is 8.96. The van der Waals surface area contributed by atoms with E-state index in [4.69, 9.17) is 25.7 Å². The lowest BCUT2D eigenvalue weighted by Crippen LogP contribution is -2.27. The number of pyridine rings is 1. The molecule has 1 fully saturated rings. The van der Waals surface area contributed by atoms with E-state index in [9.17, 15) is 18.4 Å². The number of carbonyl (C=O) groups excluding carboxylic acids is 2. The van der Waals surface area contributed by atoms with Crippen LogP contribution in [0.25, 0.3) is 22.4 Å². The summed E-state index contributed by atoms with van der Waals surface area (Å²) < 4.78 is 34.5. The number of hydrogen-bond acceptors (Lipinski definition) is 6. The van der Waals surface area contributed by atoms with Crippen LogP contribution in [0.1, 0.15) is 66.6 Å². The molecule has 0 radical (unpaired) electrons. The summed E-state index contributed by atoms with van der Waals surface area (Å²) in [6, 6.07) is 8.94. The predicted molar refractivity (Wildman–Crippen MR) is 141 cm³/mol. The molecule has 11 heteroatoms. The lowest BCUT2D eigenvalue weighted by atomic mass is 10.0. The molecular weight excluding hydrogens is 518 g/mol. The van der Waals surface area contributed by atoms with E-state index in [-0.39, 0.29) is 36.5 Å². The van der Waals surface area contributed by atoms with Gasteiger partial charge in [0.05, 0.1) is 29.8 Å². The first-order chi connectivity index (χ1) is 17.8. The quantitative estimate of drug-likeness (QED) is 0.185. The van der Waals surface area contributed by atoms with Crippen molar-refractivity contribution in [3.8, 4) is 11.3 Å². The Bertz CT molecular complexity index is 1310. The molecule has 2 aromatic heterocycles. The molecule has 1 atom stereocenters. The molecule has 198 valence electrons. The largest absolute Gasteiger partial charge is 0.466 e. The van der Waals surface area contributed by atoms with E-state index >= 15 is 0 Å². The van der Waals surface area contributed by atoms with E-state index in [0.29, 0.717) is 59.0 Å². The smallest absolute Gasteiger partial charge is 0.305 e. The molecule has 1 aliphatic rings. The molecule has 0 bridgehead atoms. The molecule has 1 aromatic carbocycles. The Morgan fingerprint density at radius 1 is 1.27 bits per heavy atom. The fraction of sp³-hybridized carbons (Fsp3) is 0.423. The molecule has 2 N–H and O–H groups in total. The number of nitrogens with one attached hydrogen (secondary N) is 1. The van der Waals surface area contributed by atoms with Gasteiger partial charge in [-0.05, 0) is 74.4 Å². The minimum absolute atomic E-state index is 0.135. The molecule has 0 spiro atoms. The molecule has 2 heterocycles. The Hall–Kier alpha value is -2.79. The minimum atomic E-state index is -2.23.